The number of rotatable bonds is 3. The Bertz CT molecular complexity index is 2460. The van der Waals surface area contributed by atoms with E-state index >= 15 is 0 Å². The number of para-hydroxylation sites is 2. The Labute approximate surface area is 271 Å². The lowest BCUT2D eigenvalue weighted by Gasteiger charge is -2.36. The molecule has 0 atom stereocenters. The van der Waals surface area contributed by atoms with Crippen LogP contribution < -0.4 is 4.90 Å². The van der Waals surface area contributed by atoms with E-state index in [1.54, 1.807) is 0 Å². The molecule has 0 aliphatic heterocycles. The molecule has 0 N–H and O–H groups in total. The Morgan fingerprint density at radius 2 is 1.02 bits per heavy atom. The molecule has 216 valence electrons. The van der Waals surface area contributed by atoms with Gasteiger partial charge >= 0.3 is 0 Å². The molecular formula is C43H26ClNO. The molecule has 0 fully saturated rings. The van der Waals surface area contributed by atoms with Gasteiger partial charge in [-0.25, -0.2) is 0 Å². The number of anilines is 3. The lowest BCUT2D eigenvalue weighted by Crippen LogP contribution is -2.28. The molecule has 1 aromatic heterocycles. The van der Waals surface area contributed by atoms with E-state index in [0.29, 0.717) is 5.02 Å². The van der Waals surface area contributed by atoms with Gasteiger partial charge in [-0.2, -0.15) is 0 Å². The fourth-order valence-electron chi connectivity index (χ4n) is 8.21. The maximum Gasteiger partial charge on any atom is 0.135 e. The Morgan fingerprint density at radius 3 is 1.72 bits per heavy atom. The van der Waals surface area contributed by atoms with E-state index in [1.807, 2.05) is 12.1 Å². The molecule has 0 radical (unpaired) electrons. The molecule has 2 aliphatic rings. The van der Waals surface area contributed by atoms with Crippen molar-refractivity contribution in [1.29, 1.82) is 0 Å². The number of hydrogen-bond donors (Lipinski definition) is 0. The van der Waals surface area contributed by atoms with Crippen LogP contribution in [0.25, 0.3) is 44.2 Å². The van der Waals surface area contributed by atoms with E-state index < -0.39 is 5.41 Å². The minimum absolute atomic E-state index is 0.515. The third kappa shape index (κ3) is 3.32. The van der Waals surface area contributed by atoms with E-state index in [-0.39, 0.29) is 0 Å². The summed E-state index contributed by atoms with van der Waals surface area (Å²) in [7, 11) is 0. The Kier molecular flexibility index (Phi) is 5.29. The first-order chi connectivity index (χ1) is 22.7. The van der Waals surface area contributed by atoms with Crippen LogP contribution in [0.1, 0.15) is 22.3 Å². The van der Waals surface area contributed by atoms with Crippen LogP contribution >= 0.6 is 11.6 Å². The summed E-state index contributed by atoms with van der Waals surface area (Å²) in [5.41, 5.74) is 14.5. The number of hydrogen-bond acceptors (Lipinski definition) is 2. The average Bonchev–Trinajstić information content (AvgIpc) is 3.73. The molecule has 0 unspecified atom stereocenters. The van der Waals surface area contributed by atoms with Gasteiger partial charge < -0.3 is 9.32 Å². The second-order valence-corrected chi connectivity index (χ2v) is 12.6. The molecule has 0 saturated carbocycles. The third-order valence-corrected chi connectivity index (χ3v) is 10.1. The topological polar surface area (TPSA) is 16.4 Å². The zero-order valence-electron chi connectivity index (χ0n) is 24.7. The fourth-order valence-corrected chi connectivity index (χ4v) is 8.42. The second kappa shape index (κ2) is 9.47. The predicted molar refractivity (Wildman–Crippen MR) is 190 cm³/mol. The van der Waals surface area contributed by atoms with Gasteiger partial charge in [0.1, 0.15) is 11.2 Å². The van der Waals surface area contributed by atoms with E-state index in [2.05, 4.69) is 150 Å². The van der Waals surface area contributed by atoms with Gasteiger partial charge in [-0.15, -0.1) is 0 Å². The summed E-state index contributed by atoms with van der Waals surface area (Å²) in [5.74, 6) is 0. The standard InChI is InChI=1S/C43H26ClNO/c44-27-24-35-32-16-6-10-20-38(32)43(36-18-8-4-14-30(36)31-15-5-9-19-37(31)43)42(35)39(25-27)45(28-12-2-1-3-13-28)29-22-23-41-34(26-29)33-17-7-11-21-40(33)46-41/h1-26H. The predicted octanol–water partition coefficient (Wildman–Crippen LogP) is 12.1. The van der Waals surface area contributed by atoms with Crippen molar-refractivity contribution in [2.45, 2.75) is 5.41 Å². The smallest absolute Gasteiger partial charge is 0.135 e. The highest BCUT2D eigenvalue weighted by Gasteiger charge is 2.53. The number of benzene rings is 7. The van der Waals surface area contributed by atoms with Crippen molar-refractivity contribution in [2.75, 3.05) is 4.90 Å². The van der Waals surface area contributed by atoms with Gasteiger partial charge in [-0.3, -0.25) is 0 Å². The van der Waals surface area contributed by atoms with Crippen molar-refractivity contribution in [2.24, 2.45) is 0 Å². The van der Waals surface area contributed by atoms with Crippen LogP contribution in [0, 0.1) is 0 Å². The minimum Gasteiger partial charge on any atom is -0.456 e. The van der Waals surface area contributed by atoms with Gasteiger partial charge in [0, 0.05) is 32.7 Å². The molecule has 2 nitrogen and oxygen atoms in total. The van der Waals surface area contributed by atoms with Crippen LogP contribution in [-0.2, 0) is 5.41 Å². The summed E-state index contributed by atoms with van der Waals surface area (Å²) in [5, 5.41) is 2.89. The van der Waals surface area contributed by atoms with E-state index in [9.17, 15) is 0 Å². The van der Waals surface area contributed by atoms with Crippen LogP contribution in [0.2, 0.25) is 5.02 Å². The van der Waals surface area contributed by atoms with Crippen molar-refractivity contribution >= 4 is 50.6 Å². The van der Waals surface area contributed by atoms with Crippen molar-refractivity contribution in [3.05, 3.63) is 185 Å². The molecule has 7 aromatic carbocycles. The van der Waals surface area contributed by atoms with Crippen LogP contribution in [0.5, 0.6) is 0 Å². The second-order valence-electron chi connectivity index (χ2n) is 12.2. The van der Waals surface area contributed by atoms with Gasteiger partial charge in [-0.05, 0) is 87.5 Å². The van der Waals surface area contributed by atoms with Gasteiger partial charge in [0.2, 0.25) is 0 Å². The lowest BCUT2D eigenvalue weighted by atomic mass is 9.70. The first kappa shape index (κ1) is 25.7. The van der Waals surface area contributed by atoms with Crippen molar-refractivity contribution in [3.8, 4) is 22.3 Å². The normalized spacial score (nSPS) is 13.5. The molecule has 8 aromatic rings. The third-order valence-electron chi connectivity index (χ3n) is 9.90. The molecular weight excluding hydrogens is 582 g/mol. The summed E-state index contributed by atoms with van der Waals surface area (Å²) in [6.45, 7) is 0. The van der Waals surface area contributed by atoms with Gasteiger partial charge in [0.05, 0.1) is 11.1 Å². The van der Waals surface area contributed by atoms with E-state index in [1.165, 1.54) is 44.5 Å². The van der Waals surface area contributed by atoms with Crippen LogP contribution in [0.4, 0.5) is 17.1 Å². The quantitative estimate of drug-likeness (QED) is 0.199. The molecule has 0 amide bonds. The summed E-state index contributed by atoms with van der Waals surface area (Å²) in [6, 6.07) is 56.4. The number of nitrogens with zero attached hydrogens (tertiary/aromatic N) is 1. The first-order valence-electron chi connectivity index (χ1n) is 15.6. The highest BCUT2D eigenvalue weighted by Crippen LogP contribution is 2.65. The van der Waals surface area contributed by atoms with Crippen molar-refractivity contribution < 1.29 is 4.42 Å². The molecule has 1 heterocycles. The lowest BCUT2D eigenvalue weighted by molar-refractivity contribution is 0.669. The first-order valence-corrected chi connectivity index (χ1v) is 16.0. The van der Waals surface area contributed by atoms with E-state index in [4.69, 9.17) is 16.0 Å². The molecule has 3 heteroatoms. The number of fused-ring (bicyclic) bond motifs is 13. The molecule has 0 bridgehead atoms. The fraction of sp³-hybridized carbons (Fsp3) is 0.0233. The molecule has 1 spiro atoms. The Morgan fingerprint density at radius 1 is 0.457 bits per heavy atom. The largest absolute Gasteiger partial charge is 0.456 e. The van der Waals surface area contributed by atoms with Crippen molar-refractivity contribution in [1.82, 2.24) is 0 Å². The maximum atomic E-state index is 7.12. The monoisotopic (exact) mass is 607 g/mol. The molecule has 0 saturated heterocycles. The van der Waals surface area contributed by atoms with E-state index in [0.717, 1.165) is 39.0 Å². The summed E-state index contributed by atoms with van der Waals surface area (Å²) in [6.07, 6.45) is 0. The Balaban J connectivity index is 1.35. The SMILES string of the molecule is Clc1cc2c(c(N(c3ccccc3)c3ccc4oc5ccccc5c4c3)c1)C1(c3ccccc3-c3ccccc31)c1ccccc1-2. The van der Waals surface area contributed by atoms with Gasteiger partial charge in [0.25, 0.3) is 0 Å². The summed E-state index contributed by atoms with van der Waals surface area (Å²) < 4.78 is 6.25. The Hall–Kier alpha value is -5.57. The van der Waals surface area contributed by atoms with Gasteiger partial charge in [0.15, 0.2) is 0 Å². The molecule has 2 aliphatic carbocycles. The highest BCUT2D eigenvalue weighted by atomic mass is 35.5. The zero-order chi connectivity index (χ0) is 30.4. The highest BCUT2D eigenvalue weighted by molar-refractivity contribution is 6.31. The summed E-state index contributed by atoms with van der Waals surface area (Å²) >= 11 is 7.12. The number of halogens is 1. The molecule has 10 rings (SSSR count). The van der Waals surface area contributed by atoms with Gasteiger partial charge in [-0.1, -0.05) is 121 Å². The molecule has 46 heavy (non-hydrogen) atoms. The number of furan rings is 1. The van der Waals surface area contributed by atoms with Crippen LogP contribution in [0.15, 0.2) is 162 Å². The summed E-state index contributed by atoms with van der Waals surface area (Å²) in [4.78, 5) is 2.38. The van der Waals surface area contributed by atoms with Crippen LogP contribution in [0.3, 0.4) is 0 Å². The van der Waals surface area contributed by atoms with Crippen LogP contribution in [-0.4, -0.2) is 0 Å². The average molecular weight is 608 g/mol. The van der Waals surface area contributed by atoms with Crippen molar-refractivity contribution in [3.63, 3.8) is 0 Å². The maximum absolute atomic E-state index is 7.12. The minimum atomic E-state index is -0.515. The zero-order valence-corrected chi connectivity index (χ0v) is 25.5.